The van der Waals surface area contributed by atoms with Crippen LogP contribution < -0.4 is 4.74 Å². The van der Waals surface area contributed by atoms with Gasteiger partial charge in [0, 0.05) is 32.0 Å². The smallest absolute Gasteiger partial charge is 0.416 e. The van der Waals surface area contributed by atoms with Crippen LogP contribution in [0.1, 0.15) is 21.7 Å². The number of ether oxygens (including phenoxy) is 1. The average Bonchev–Trinajstić information content (AvgIpc) is 2.95. The van der Waals surface area contributed by atoms with E-state index in [4.69, 9.17) is 4.74 Å². The molecule has 0 saturated carbocycles. The van der Waals surface area contributed by atoms with E-state index >= 15 is 0 Å². The number of rotatable bonds is 3. The number of hydrogen-bond donors (Lipinski definition) is 0. The van der Waals surface area contributed by atoms with Gasteiger partial charge < -0.3 is 9.64 Å². The number of halogens is 3. The van der Waals surface area contributed by atoms with Crippen molar-refractivity contribution in [3.63, 3.8) is 0 Å². The lowest BCUT2D eigenvalue weighted by Gasteiger charge is -2.39. The van der Waals surface area contributed by atoms with E-state index in [2.05, 4.69) is 14.9 Å². The molecule has 9 heteroatoms. The quantitative estimate of drug-likeness (QED) is 0.601. The van der Waals surface area contributed by atoms with Crippen LogP contribution in [-0.2, 0) is 12.7 Å². The van der Waals surface area contributed by atoms with Crippen LogP contribution in [0.3, 0.4) is 0 Å². The van der Waals surface area contributed by atoms with Gasteiger partial charge in [-0.25, -0.2) is 9.97 Å². The van der Waals surface area contributed by atoms with Crippen molar-refractivity contribution in [3.8, 4) is 16.9 Å². The summed E-state index contributed by atoms with van der Waals surface area (Å²) in [6, 6.07) is 11.8. The molecule has 1 saturated heterocycles. The molecule has 0 unspecified atom stereocenters. The van der Waals surface area contributed by atoms with Crippen molar-refractivity contribution in [2.45, 2.75) is 18.8 Å². The van der Waals surface area contributed by atoms with Crippen LogP contribution in [0.2, 0.25) is 0 Å². The summed E-state index contributed by atoms with van der Waals surface area (Å²) < 4.78 is 44.6. The Balaban J connectivity index is 1.35. The van der Waals surface area contributed by atoms with Crippen molar-refractivity contribution >= 4 is 5.91 Å². The predicted molar refractivity (Wildman–Crippen MR) is 115 cm³/mol. The Morgan fingerprint density at radius 3 is 2.45 bits per heavy atom. The molecule has 1 atom stereocenters. The SMILES string of the molecule is O=C1c2cc(-c3ccc(C(F)(F)F)cc3)ccc2OC[C@@H]2CN(Cc3ncccn3)CCN12. The van der Waals surface area contributed by atoms with E-state index < -0.39 is 11.7 Å². The average molecular weight is 454 g/mol. The molecule has 170 valence electrons. The molecule has 0 spiro atoms. The molecule has 3 heterocycles. The zero-order chi connectivity index (χ0) is 23.0. The van der Waals surface area contributed by atoms with Crippen molar-refractivity contribution in [2.75, 3.05) is 26.2 Å². The lowest BCUT2D eigenvalue weighted by Crippen LogP contribution is -2.56. The molecule has 1 aromatic heterocycles. The minimum absolute atomic E-state index is 0.114. The predicted octanol–water partition coefficient (Wildman–Crippen LogP) is 3.88. The fraction of sp³-hybridized carbons (Fsp3) is 0.292. The maximum absolute atomic E-state index is 13.4. The van der Waals surface area contributed by atoms with Crippen LogP contribution >= 0.6 is 0 Å². The third kappa shape index (κ3) is 4.41. The molecule has 1 amide bonds. The highest BCUT2D eigenvalue weighted by molar-refractivity contribution is 5.99. The second kappa shape index (κ2) is 8.47. The summed E-state index contributed by atoms with van der Waals surface area (Å²) in [5.41, 5.74) is 0.988. The first-order valence-corrected chi connectivity index (χ1v) is 10.6. The number of amides is 1. The minimum atomic E-state index is -4.39. The van der Waals surface area contributed by atoms with Gasteiger partial charge in [-0.05, 0) is 41.5 Å². The first-order chi connectivity index (χ1) is 15.9. The molecule has 0 bridgehead atoms. The summed E-state index contributed by atoms with van der Waals surface area (Å²) in [6.45, 7) is 2.84. The van der Waals surface area contributed by atoms with E-state index in [1.54, 1.807) is 36.7 Å². The molecular weight excluding hydrogens is 433 g/mol. The summed E-state index contributed by atoms with van der Waals surface area (Å²) in [4.78, 5) is 25.9. The third-order valence-electron chi connectivity index (χ3n) is 6.00. The largest absolute Gasteiger partial charge is 0.491 e. The zero-order valence-electron chi connectivity index (χ0n) is 17.6. The van der Waals surface area contributed by atoms with Crippen molar-refractivity contribution in [2.24, 2.45) is 0 Å². The van der Waals surface area contributed by atoms with Gasteiger partial charge in [-0.1, -0.05) is 18.2 Å². The fourth-order valence-electron chi connectivity index (χ4n) is 4.28. The number of aromatic nitrogens is 2. The lowest BCUT2D eigenvalue weighted by molar-refractivity contribution is -0.137. The Labute approximate surface area is 188 Å². The zero-order valence-corrected chi connectivity index (χ0v) is 17.6. The number of carbonyl (C=O) groups excluding carboxylic acids is 1. The molecule has 2 aliphatic heterocycles. The van der Waals surface area contributed by atoms with E-state index in [0.29, 0.717) is 55.2 Å². The van der Waals surface area contributed by atoms with Crippen molar-refractivity contribution < 1.29 is 22.7 Å². The lowest BCUT2D eigenvalue weighted by atomic mass is 10.00. The highest BCUT2D eigenvalue weighted by Crippen LogP contribution is 2.34. The molecule has 2 aromatic carbocycles. The van der Waals surface area contributed by atoms with Crippen LogP contribution in [0.5, 0.6) is 5.75 Å². The number of alkyl halides is 3. The van der Waals surface area contributed by atoms with Gasteiger partial charge in [0.15, 0.2) is 0 Å². The van der Waals surface area contributed by atoms with Crippen molar-refractivity contribution in [1.29, 1.82) is 0 Å². The number of benzene rings is 2. The molecule has 1 fully saturated rings. The molecule has 0 aliphatic carbocycles. The summed E-state index contributed by atoms with van der Waals surface area (Å²) in [6.07, 6.45) is -0.969. The standard InChI is InChI=1S/C24H21F3N4O2/c25-24(26,27)18-5-2-16(3-6-18)17-4-7-21-20(12-17)23(32)31-11-10-30(13-19(31)15-33-21)14-22-28-8-1-9-29-22/h1-9,12,19H,10-11,13-15H2/t19-/m0/s1. The summed E-state index contributed by atoms with van der Waals surface area (Å²) in [5, 5.41) is 0. The van der Waals surface area contributed by atoms with Crippen LogP contribution in [0.4, 0.5) is 13.2 Å². The Kier molecular flexibility index (Phi) is 5.49. The number of piperazine rings is 1. The molecule has 2 aliphatic rings. The molecule has 5 rings (SSSR count). The van der Waals surface area contributed by atoms with Gasteiger partial charge in [0.25, 0.3) is 5.91 Å². The normalized spacial score (nSPS) is 18.8. The maximum atomic E-state index is 13.4. The molecule has 33 heavy (non-hydrogen) atoms. The van der Waals surface area contributed by atoms with Crippen molar-refractivity contribution in [1.82, 2.24) is 19.8 Å². The van der Waals surface area contributed by atoms with Gasteiger partial charge in [-0.15, -0.1) is 0 Å². The van der Waals surface area contributed by atoms with Crippen molar-refractivity contribution in [3.05, 3.63) is 77.9 Å². The van der Waals surface area contributed by atoms with E-state index in [-0.39, 0.29) is 11.9 Å². The Morgan fingerprint density at radius 1 is 1.00 bits per heavy atom. The minimum Gasteiger partial charge on any atom is -0.491 e. The molecule has 0 N–H and O–H groups in total. The highest BCUT2D eigenvalue weighted by Gasteiger charge is 2.36. The van der Waals surface area contributed by atoms with Gasteiger partial charge in [0.1, 0.15) is 18.2 Å². The van der Waals surface area contributed by atoms with Gasteiger partial charge in [-0.2, -0.15) is 13.2 Å². The van der Waals surface area contributed by atoms with Gasteiger partial charge >= 0.3 is 6.18 Å². The number of nitrogens with zero attached hydrogens (tertiary/aromatic N) is 4. The first kappa shape index (κ1) is 21.4. The number of fused-ring (bicyclic) bond motifs is 2. The summed E-state index contributed by atoms with van der Waals surface area (Å²) >= 11 is 0. The summed E-state index contributed by atoms with van der Waals surface area (Å²) in [7, 11) is 0. The number of hydrogen-bond acceptors (Lipinski definition) is 5. The molecule has 3 aromatic rings. The van der Waals surface area contributed by atoms with Gasteiger partial charge in [0.2, 0.25) is 0 Å². The topological polar surface area (TPSA) is 58.6 Å². The van der Waals surface area contributed by atoms with E-state index in [1.807, 2.05) is 4.90 Å². The molecular formula is C24H21F3N4O2. The Hall–Kier alpha value is -3.46. The van der Waals surface area contributed by atoms with Crippen LogP contribution in [-0.4, -0.2) is 58.0 Å². The second-order valence-electron chi connectivity index (χ2n) is 8.15. The van der Waals surface area contributed by atoms with Crippen LogP contribution in [0, 0.1) is 0 Å². The number of carbonyl (C=O) groups is 1. The third-order valence-corrected chi connectivity index (χ3v) is 6.00. The highest BCUT2D eigenvalue weighted by atomic mass is 19.4. The van der Waals surface area contributed by atoms with E-state index in [1.165, 1.54) is 12.1 Å². The van der Waals surface area contributed by atoms with Crippen LogP contribution in [0.25, 0.3) is 11.1 Å². The molecule has 0 radical (unpaired) electrons. The Morgan fingerprint density at radius 2 is 1.73 bits per heavy atom. The first-order valence-electron chi connectivity index (χ1n) is 10.6. The fourth-order valence-corrected chi connectivity index (χ4v) is 4.28. The summed E-state index contributed by atoms with van der Waals surface area (Å²) in [5.74, 6) is 1.09. The maximum Gasteiger partial charge on any atom is 0.416 e. The van der Waals surface area contributed by atoms with Gasteiger partial charge in [0.05, 0.1) is 23.7 Å². The monoisotopic (exact) mass is 454 g/mol. The molecule has 6 nitrogen and oxygen atoms in total. The van der Waals surface area contributed by atoms with Gasteiger partial charge in [-0.3, -0.25) is 9.69 Å². The Bertz CT molecular complexity index is 1150. The van der Waals surface area contributed by atoms with E-state index in [0.717, 1.165) is 18.0 Å². The van der Waals surface area contributed by atoms with Crippen LogP contribution in [0.15, 0.2) is 60.9 Å². The second-order valence-corrected chi connectivity index (χ2v) is 8.15. The van der Waals surface area contributed by atoms with E-state index in [9.17, 15) is 18.0 Å².